The molecule has 4 nitrogen and oxygen atoms in total. The van der Waals surface area contributed by atoms with Crippen LogP contribution in [0.3, 0.4) is 0 Å². The maximum atomic E-state index is 5.92. The van der Waals surface area contributed by atoms with Crippen LogP contribution in [0.2, 0.25) is 0 Å². The lowest BCUT2D eigenvalue weighted by molar-refractivity contribution is -0.500. The molecule has 0 aliphatic rings. The Kier molecular flexibility index (Phi) is 6.98. The summed E-state index contributed by atoms with van der Waals surface area (Å²) in [6.07, 6.45) is 3.55. The average Bonchev–Trinajstić information content (AvgIpc) is 2.60. The summed E-state index contributed by atoms with van der Waals surface area (Å²) in [6, 6.07) is 16.1. The van der Waals surface area contributed by atoms with Crippen molar-refractivity contribution in [1.82, 2.24) is 10.7 Å². The van der Waals surface area contributed by atoms with Crippen molar-refractivity contribution in [3.8, 4) is 5.75 Å². The van der Waals surface area contributed by atoms with Gasteiger partial charge in [-0.3, -0.25) is 0 Å². The Labute approximate surface area is 148 Å². The van der Waals surface area contributed by atoms with Crippen LogP contribution in [0.15, 0.2) is 61.2 Å². The third-order valence-corrected chi connectivity index (χ3v) is 3.50. The van der Waals surface area contributed by atoms with Gasteiger partial charge in [-0.1, -0.05) is 48.0 Å². The second-order valence-electron chi connectivity index (χ2n) is 5.22. The lowest BCUT2D eigenvalue weighted by atomic mass is 10.1. The van der Waals surface area contributed by atoms with E-state index in [0.29, 0.717) is 18.3 Å². The molecule has 0 saturated heterocycles. The number of hydrogen-bond acceptors (Lipinski definition) is 2. The fourth-order valence-corrected chi connectivity index (χ4v) is 2.11. The number of hydrazine groups is 1. The van der Waals surface area contributed by atoms with Crippen molar-refractivity contribution in [2.24, 2.45) is 0 Å². The third kappa shape index (κ3) is 5.85. The van der Waals surface area contributed by atoms with Crippen LogP contribution in [0.4, 0.5) is 0 Å². The summed E-state index contributed by atoms with van der Waals surface area (Å²) < 4.78 is 5.92. The molecule has 2 rings (SSSR count). The van der Waals surface area contributed by atoms with Crippen molar-refractivity contribution in [1.29, 1.82) is 0 Å². The van der Waals surface area contributed by atoms with Crippen LogP contribution in [-0.4, -0.2) is 17.9 Å². The van der Waals surface area contributed by atoms with Gasteiger partial charge in [0, 0.05) is 6.54 Å². The number of ether oxygens (including phenoxy) is 1. The van der Waals surface area contributed by atoms with Crippen LogP contribution < -0.4 is 20.6 Å². The Morgan fingerprint density at radius 2 is 1.96 bits per heavy atom. The lowest BCUT2D eigenvalue weighted by Crippen LogP contribution is -2.82. The molecule has 0 aliphatic heterocycles. The molecule has 0 amide bonds. The van der Waals surface area contributed by atoms with E-state index < -0.39 is 0 Å². The highest BCUT2D eigenvalue weighted by Crippen LogP contribution is 2.17. The molecular formula is C19H22N3OS+. The molecule has 0 spiro atoms. The van der Waals surface area contributed by atoms with Crippen LogP contribution >= 0.6 is 12.2 Å². The Hall–Kier alpha value is -2.66. The van der Waals surface area contributed by atoms with Crippen LogP contribution in [0.5, 0.6) is 5.75 Å². The number of rotatable bonds is 7. The van der Waals surface area contributed by atoms with Crippen molar-refractivity contribution >= 4 is 23.5 Å². The molecule has 2 aromatic rings. The highest BCUT2D eigenvalue weighted by molar-refractivity contribution is 7.80. The smallest absolute Gasteiger partial charge is 0.224 e. The number of thiocarbonyl (C=S) groups is 1. The zero-order valence-electron chi connectivity index (χ0n) is 13.7. The predicted molar refractivity (Wildman–Crippen MR) is 102 cm³/mol. The van der Waals surface area contributed by atoms with Gasteiger partial charge in [0.05, 0.1) is 5.56 Å². The number of nitrogens with one attached hydrogen (secondary N) is 3. The summed E-state index contributed by atoms with van der Waals surface area (Å²) >= 11 is 5.11. The van der Waals surface area contributed by atoms with Crippen LogP contribution in [0.25, 0.3) is 0 Å². The minimum Gasteiger partial charge on any atom is -0.488 e. The Morgan fingerprint density at radius 3 is 2.71 bits per heavy atom. The number of hydrazone groups is 1. The molecule has 0 atom stereocenters. The standard InChI is InChI=1S/C19H21N3OS/c1-3-12-20-19(24)22-21-13-17-6-4-5-7-18(17)23-14-16-10-8-15(2)9-11-16/h3-11,13H,1,12,14H2,2H3,(H2,20,22,24)/p+1. The molecule has 0 saturated carbocycles. The van der Waals surface area contributed by atoms with Gasteiger partial charge < -0.3 is 10.1 Å². The normalized spacial score (nSPS) is 10.4. The molecule has 2 aromatic carbocycles. The second kappa shape index (κ2) is 9.47. The highest BCUT2D eigenvalue weighted by Gasteiger charge is 2.04. The van der Waals surface area contributed by atoms with E-state index in [4.69, 9.17) is 17.0 Å². The van der Waals surface area contributed by atoms with E-state index in [1.807, 2.05) is 30.5 Å². The molecule has 0 bridgehead atoms. The van der Waals surface area contributed by atoms with Crippen molar-refractivity contribution < 1.29 is 9.84 Å². The first-order valence-corrected chi connectivity index (χ1v) is 8.10. The fourth-order valence-electron chi connectivity index (χ4n) is 1.97. The summed E-state index contributed by atoms with van der Waals surface area (Å²) in [5, 5.41) is 6.44. The second-order valence-corrected chi connectivity index (χ2v) is 5.63. The van der Waals surface area contributed by atoms with Gasteiger partial charge in [0.1, 0.15) is 12.4 Å². The molecule has 0 heterocycles. The molecule has 0 unspecified atom stereocenters. The van der Waals surface area contributed by atoms with E-state index in [9.17, 15) is 0 Å². The Bertz CT molecular complexity index is 711. The molecule has 0 fully saturated rings. The van der Waals surface area contributed by atoms with Crippen molar-refractivity contribution in [2.75, 3.05) is 6.54 Å². The first kappa shape index (κ1) is 17.7. The largest absolute Gasteiger partial charge is 0.488 e. The van der Waals surface area contributed by atoms with E-state index in [1.54, 1.807) is 6.08 Å². The summed E-state index contributed by atoms with van der Waals surface area (Å²) in [6.45, 7) is 6.84. The highest BCUT2D eigenvalue weighted by atomic mass is 32.1. The van der Waals surface area contributed by atoms with Crippen LogP contribution in [-0.2, 0) is 6.61 Å². The minimum absolute atomic E-state index is 0.504. The van der Waals surface area contributed by atoms with Gasteiger partial charge in [-0.25, -0.2) is 0 Å². The quantitative estimate of drug-likeness (QED) is 0.310. The Balaban J connectivity index is 1.95. The molecule has 3 N–H and O–H groups in total. The molecule has 0 aliphatic carbocycles. The number of aryl methyl sites for hydroxylation is 1. The maximum Gasteiger partial charge on any atom is 0.224 e. The summed E-state index contributed by atoms with van der Waals surface area (Å²) in [5.41, 5.74) is 6.19. The zero-order valence-corrected chi connectivity index (χ0v) is 14.5. The fraction of sp³-hybridized carbons (Fsp3) is 0.158. The van der Waals surface area contributed by atoms with E-state index in [0.717, 1.165) is 16.9 Å². The van der Waals surface area contributed by atoms with Crippen molar-refractivity contribution in [3.63, 3.8) is 0 Å². The lowest BCUT2D eigenvalue weighted by Gasteiger charge is -2.08. The first-order valence-electron chi connectivity index (χ1n) is 7.70. The van der Waals surface area contributed by atoms with Gasteiger partial charge in [-0.2, -0.15) is 0 Å². The van der Waals surface area contributed by atoms with Crippen LogP contribution in [0.1, 0.15) is 16.7 Å². The first-order chi connectivity index (χ1) is 11.7. The molecule has 0 radical (unpaired) electrons. The van der Waals surface area contributed by atoms with Crippen molar-refractivity contribution in [2.45, 2.75) is 13.5 Å². The van der Waals surface area contributed by atoms with E-state index in [-0.39, 0.29) is 0 Å². The molecular weight excluding hydrogens is 318 g/mol. The third-order valence-electron chi connectivity index (χ3n) is 3.25. The van der Waals surface area contributed by atoms with Gasteiger partial charge in [0.15, 0.2) is 0 Å². The molecule has 24 heavy (non-hydrogen) atoms. The van der Waals surface area contributed by atoms with Crippen LogP contribution in [0, 0.1) is 6.92 Å². The van der Waals surface area contributed by atoms with Gasteiger partial charge in [-0.15, -0.1) is 17.1 Å². The van der Waals surface area contributed by atoms with Gasteiger partial charge in [-0.05, 0) is 36.8 Å². The zero-order chi connectivity index (χ0) is 17.2. The molecule has 124 valence electrons. The van der Waals surface area contributed by atoms with Crippen molar-refractivity contribution in [3.05, 3.63) is 77.9 Å². The van der Waals surface area contributed by atoms with E-state index >= 15 is 0 Å². The maximum absolute atomic E-state index is 5.92. The topological polar surface area (TPSA) is 47.3 Å². The molecule has 5 heteroatoms. The predicted octanol–water partition coefficient (Wildman–Crippen LogP) is 1.64. The average molecular weight is 340 g/mol. The summed E-state index contributed by atoms with van der Waals surface area (Å²) in [4.78, 5) is 0. The number of hydrogen-bond donors (Lipinski definition) is 3. The van der Waals surface area contributed by atoms with Gasteiger partial charge in [0.2, 0.25) is 11.3 Å². The monoisotopic (exact) mass is 340 g/mol. The summed E-state index contributed by atoms with van der Waals surface area (Å²) in [7, 11) is 0. The van der Waals surface area contributed by atoms with Gasteiger partial charge >= 0.3 is 0 Å². The Morgan fingerprint density at radius 1 is 1.21 bits per heavy atom. The van der Waals surface area contributed by atoms with E-state index in [2.05, 4.69) is 53.6 Å². The minimum atomic E-state index is 0.504. The number of para-hydroxylation sites is 1. The number of benzene rings is 2. The van der Waals surface area contributed by atoms with Gasteiger partial charge in [0.25, 0.3) is 0 Å². The SMILES string of the molecule is C=CCNC(=S)N[NH+]=Cc1ccccc1OCc1ccc(C)cc1. The van der Waals surface area contributed by atoms with E-state index in [1.165, 1.54) is 5.56 Å². The summed E-state index contributed by atoms with van der Waals surface area (Å²) in [5.74, 6) is 0.803. The molecule has 0 aromatic heterocycles.